The third-order valence-electron chi connectivity index (χ3n) is 6.63. The Morgan fingerprint density at radius 3 is 2.56 bits per heavy atom. The molecule has 206 valence electrons. The lowest BCUT2D eigenvalue weighted by molar-refractivity contribution is 0.0981. The molecule has 0 saturated carbocycles. The van der Waals surface area contributed by atoms with Gasteiger partial charge >= 0.3 is 0 Å². The van der Waals surface area contributed by atoms with Crippen LogP contribution in [0.4, 0.5) is 0 Å². The molecule has 0 saturated heterocycles. The zero-order valence-electron chi connectivity index (χ0n) is 23.3. The molecule has 0 amide bonds. The van der Waals surface area contributed by atoms with Crippen molar-refractivity contribution in [2.45, 2.75) is 32.4 Å². The second-order valence-electron chi connectivity index (χ2n) is 10.3. The molecule has 0 aliphatic carbocycles. The average molecular weight is 545 g/mol. The maximum Gasteiger partial charge on any atom is 0.261 e. The molecule has 41 heavy (non-hydrogen) atoms. The first-order valence-corrected chi connectivity index (χ1v) is 13.6. The van der Waals surface area contributed by atoms with Gasteiger partial charge in [0.1, 0.15) is 5.82 Å². The van der Waals surface area contributed by atoms with Gasteiger partial charge in [-0.05, 0) is 67.0 Å². The van der Waals surface area contributed by atoms with Crippen LogP contribution in [0.3, 0.4) is 0 Å². The SMILES string of the molecule is CN(C)Cc1ccc(Cc2ncc3cc(/C=C/CCC(=O)c4cccn(Cc5cccnc5)c4=O)cnc3n2)cc1. The van der Waals surface area contributed by atoms with Crippen molar-refractivity contribution in [1.82, 2.24) is 29.4 Å². The zero-order chi connectivity index (χ0) is 28.6. The molecule has 4 aromatic heterocycles. The number of hydrogen-bond acceptors (Lipinski definition) is 7. The van der Waals surface area contributed by atoms with Crippen molar-refractivity contribution >= 4 is 22.9 Å². The van der Waals surface area contributed by atoms with Crippen molar-refractivity contribution in [2.24, 2.45) is 0 Å². The predicted octanol–water partition coefficient (Wildman–Crippen LogP) is 4.96. The van der Waals surface area contributed by atoms with Crippen molar-refractivity contribution < 1.29 is 4.79 Å². The fourth-order valence-electron chi connectivity index (χ4n) is 4.59. The standard InChI is InChI=1S/C33H32N6O2/c1-38(2)22-25-13-11-24(12-14-25)18-31-35-21-28-17-26(20-36-32(28)37-31)7-3-4-10-30(40)29-9-6-16-39(33(29)41)23-27-8-5-15-34-19-27/h3,5-9,11-17,19-21H,4,10,18,22-23H2,1-2H3/b7-3+. The lowest BCUT2D eigenvalue weighted by atomic mass is 10.1. The van der Waals surface area contributed by atoms with Crippen LogP contribution < -0.4 is 5.56 Å². The number of allylic oxidation sites excluding steroid dienone is 1. The summed E-state index contributed by atoms with van der Waals surface area (Å²) in [4.78, 5) is 45.6. The Hall–Kier alpha value is -4.82. The molecule has 0 unspecified atom stereocenters. The van der Waals surface area contributed by atoms with E-state index in [1.807, 2.05) is 30.4 Å². The van der Waals surface area contributed by atoms with E-state index in [-0.39, 0.29) is 23.3 Å². The quantitative estimate of drug-likeness (QED) is 0.217. The van der Waals surface area contributed by atoms with Crippen LogP contribution in [0.1, 0.15) is 51.3 Å². The summed E-state index contributed by atoms with van der Waals surface area (Å²) in [5.74, 6) is 0.553. The molecule has 1 aromatic carbocycles. The van der Waals surface area contributed by atoms with E-state index < -0.39 is 0 Å². The molecule has 0 aliphatic heterocycles. The second-order valence-corrected chi connectivity index (χ2v) is 10.3. The number of Topliss-reactive ketones (excluding diaryl/α,β-unsaturated/α-hetero) is 1. The van der Waals surface area contributed by atoms with E-state index in [0.717, 1.165) is 34.4 Å². The number of fused-ring (bicyclic) bond motifs is 1. The minimum atomic E-state index is -0.287. The van der Waals surface area contributed by atoms with E-state index in [0.29, 0.717) is 25.0 Å². The summed E-state index contributed by atoms with van der Waals surface area (Å²) < 4.78 is 1.54. The third-order valence-corrected chi connectivity index (χ3v) is 6.63. The number of nitrogens with zero attached hydrogens (tertiary/aromatic N) is 6. The Morgan fingerprint density at radius 1 is 0.951 bits per heavy atom. The van der Waals surface area contributed by atoms with Crippen molar-refractivity contribution in [2.75, 3.05) is 14.1 Å². The highest BCUT2D eigenvalue weighted by Crippen LogP contribution is 2.15. The van der Waals surface area contributed by atoms with Gasteiger partial charge in [-0.3, -0.25) is 14.6 Å². The maximum atomic E-state index is 12.8. The summed E-state index contributed by atoms with van der Waals surface area (Å²) in [6.45, 7) is 1.28. The molecule has 8 nitrogen and oxygen atoms in total. The fourth-order valence-corrected chi connectivity index (χ4v) is 4.59. The van der Waals surface area contributed by atoms with E-state index >= 15 is 0 Å². The number of aromatic nitrogens is 5. The van der Waals surface area contributed by atoms with Crippen LogP contribution in [0.5, 0.6) is 0 Å². The first kappa shape index (κ1) is 27.7. The number of carbonyl (C=O) groups excluding carboxylic acids is 1. The summed E-state index contributed by atoms with van der Waals surface area (Å²) in [6, 6.07) is 17.5. The van der Waals surface area contributed by atoms with Gasteiger partial charge in [-0.15, -0.1) is 0 Å². The van der Waals surface area contributed by atoms with Gasteiger partial charge in [0.05, 0.1) is 12.1 Å². The Bertz CT molecular complexity index is 1730. The van der Waals surface area contributed by atoms with Gasteiger partial charge < -0.3 is 9.47 Å². The Morgan fingerprint density at radius 2 is 1.78 bits per heavy atom. The number of ketones is 1. The normalized spacial score (nSPS) is 11.5. The summed E-state index contributed by atoms with van der Waals surface area (Å²) in [6.07, 6.45) is 13.9. The van der Waals surface area contributed by atoms with Crippen molar-refractivity contribution in [3.63, 3.8) is 0 Å². The average Bonchev–Trinajstić information content (AvgIpc) is 2.97. The first-order valence-electron chi connectivity index (χ1n) is 13.6. The van der Waals surface area contributed by atoms with Crippen LogP contribution in [0.15, 0.2) is 96.5 Å². The fraction of sp³-hybridized carbons (Fsp3) is 0.212. The number of rotatable bonds is 11. The molecule has 0 fully saturated rings. The van der Waals surface area contributed by atoms with E-state index in [9.17, 15) is 9.59 Å². The molecule has 8 heteroatoms. The smallest absolute Gasteiger partial charge is 0.261 e. The van der Waals surface area contributed by atoms with Gasteiger partial charge in [0.2, 0.25) is 0 Å². The van der Waals surface area contributed by atoms with E-state index in [1.54, 1.807) is 43.1 Å². The molecule has 0 atom stereocenters. The molecule has 5 rings (SSSR count). The van der Waals surface area contributed by atoms with Gasteiger partial charge in [-0.2, -0.15) is 0 Å². The highest BCUT2D eigenvalue weighted by molar-refractivity contribution is 5.95. The van der Waals surface area contributed by atoms with Crippen LogP contribution in [0.25, 0.3) is 17.1 Å². The molecule has 0 radical (unpaired) electrons. The van der Waals surface area contributed by atoms with Crippen LogP contribution in [-0.4, -0.2) is 49.3 Å². The van der Waals surface area contributed by atoms with E-state index in [2.05, 4.69) is 63.2 Å². The van der Waals surface area contributed by atoms with Crippen LogP contribution in [-0.2, 0) is 19.5 Å². The van der Waals surface area contributed by atoms with Gasteiger partial charge in [-0.1, -0.05) is 42.5 Å². The number of hydrogen-bond donors (Lipinski definition) is 0. The predicted molar refractivity (Wildman–Crippen MR) is 161 cm³/mol. The molecule has 0 N–H and O–H groups in total. The second kappa shape index (κ2) is 13.0. The monoisotopic (exact) mass is 544 g/mol. The van der Waals surface area contributed by atoms with E-state index in [4.69, 9.17) is 0 Å². The molecule has 0 aliphatic rings. The molecular formula is C33H32N6O2. The summed E-state index contributed by atoms with van der Waals surface area (Å²) in [5, 5.41) is 0.853. The molecule has 5 aromatic rings. The zero-order valence-corrected chi connectivity index (χ0v) is 23.3. The topological polar surface area (TPSA) is 93.9 Å². The Balaban J connectivity index is 1.17. The van der Waals surface area contributed by atoms with Gasteiger partial charge in [0, 0.05) is 55.8 Å². The summed E-state index contributed by atoms with van der Waals surface area (Å²) in [5.41, 5.74) is 4.79. The minimum absolute atomic E-state index is 0.176. The van der Waals surface area contributed by atoms with E-state index in [1.165, 1.54) is 10.1 Å². The highest BCUT2D eigenvalue weighted by Gasteiger charge is 2.12. The van der Waals surface area contributed by atoms with Crippen LogP contribution >= 0.6 is 0 Å². The lowest BCUT2D eigenvalue weighted by Crippen LogP contribution is -2.26. The van der Waals surface area contributed by atoms with Crippen molar-refractivity contribution in [3.8, 4) is 0 Å². The molecule has 0 bridgehead atoms. The lowest BCUT2D eigenvalue weighted by Gasteiger charge is -2.10. The number of pyridine rings is 3. The Labute approximate surface area is 239 Å². The molecule has 0 spiro atoms. The van der Waals surface area contributed by atoms with Crippen molar-refractivity contribution in [1.29, 1.82) is 0 Å². The minimum Gasteiger partial charge on any atom is -0.310 e. The Kier molecular flexibility index (Phi) is 8.81. The first-order chi connectivity index (χ1) is 19.9. The van der Waals surface area contributed by atoms with Crippen LogP contribution in [0, 0.1) is 0 Å². The number of carbonyl (C=O) groups is 1. The molecule has 4 heterocycles. The maximum absolute atomic E-state index is 12.8. The van der Waals surface area contributed by atoms with Gasteiger partial charge in [0.15, 0.2) is 11.4 Å². The van der Waals surface area contributed by atoms with Crippen molar-refractivity contribution in [3.05, 3.63) is 136 Å². The summed E-state index contributed by atoms with van der Waals surface area (Å²) in [7, 11) is 4.12. The van der Waals surface area contributed by atoms with Gasteiger partial charge in [0.25, 0.3) is 5.56 Å². The third kappa shape index (κ3) is 7.43. The van der Waals surface area contributed by atoms with Gasteiger partial charge in [-0.25, -0.2) is 15.0 Å². The van der Waals surface area contributed by atoms with Crippen LogP contribution in [0.2, 0.25) is 0 Å². The summed E-state index contributed by atoms with van der Waals surface area (Å²) >= 11 is 0. The molecular weight excluding hydrogens is 512 g/mol. The highest BCUT2D eigenvalue weighted by atomic mass is 16.1. The largest absolute Gasteiger partial charge is 0.310 e. The number of benzene rings is 1.